The third kappa shape index (κ3) is 3.93. The van der Waals surface area contributed by atoms with Crippen molar-refractivity contribution in [3.05, 3.63) is 63.7 Å². The highest BCUT2D eigenvalue weighted by molar-refractivity contribution is 5.44. The maximum Gasteiger partial charge on any atom is 0.125 e. The van der Waals surface area contributed by atoms with Crippen LogP contribution in [0.4, 0.5) is 0 Å². The van der Waals surface area contributed by atoms with Crippen LogP contribution in [0.2, 0.25) is 0 Å². The fourth-order valence-electron chi connectivity index (χ4n) is 2.85. The monoisotopic (exact) mass is 307 g/mol. The molecule has 0 saturated heterocycles. The second-order valence-corrected chi connectivity index (χ2v) is 6.33. The van der Waals surface area contributed by atoms with Gasteiger partial charge < -0.3 is 4.74 Å². The summed E-state index contributed by atoms with van der Waals surface area (Å²) in [6.07, 6.45) is 0.702. The summed E-state index contributed by atoms with van der Waals surface area (Å²) in [6, 6.07) is 12.9. The summed E-state index contributed by atoms with van der Waals surface area (Å²) >= 11 is 0. The van der Waals surface area contributed by atoms with Crippen molar-refractivity contribution in [1.82, 2.24) is 0 Å². The van der Waals surface area contributed by atoms with Crippen molar-refractivity contribution in [1.29, 1.82) is 5.26 Å². The Bertz CT molecular complexity index is 740. The molecule has 1 unspecified atom stereocenters. The van der Waals surface area contributed by atoms with Crippen molar-refractivity contribution in [2.75, 3.05) is 6.61 Å². The van der Waals surface area contributed by atoms with Gasteiger partial charge in [-0.25, -0.2) is 0 Å². The van der Waals surface area contributed by atoms with Gasteiger partial charge in [-0.1, -0.05) is 35.9 Å². The average Bonchev–Trinajstić information content (AvgIpc) is 2.53. The molecule has 0 spiro atoms. The van der Waals surface area contributed by atoms with Gasteiger partial charge in [0.05, 0.1) is 18.6 Å². The molecule has 2 heteroatoms. The second-order valence-electron chi connectivity index (χ2n) is 6.33. The van der Waals surface area contributed by atoms with E-state index in [1.54, 1.807) is 0 Å². The first-order chi connectivity index (χ1) is 10.9. The highest BCUT2D eigenvalue weighted by Gasteiger charge is 2.14. The lowest BCUT2D eigenvalue weighted by atomic mass is 9.92. The smallest absolute Gasteiger partial charge is 0.125 e. The lowest BCUT2D eigenvalue weighted by Gasteiger charge is -2.17. The topological polar surface area (TPSA) is 33.0 Å². The maximum atomic E-state index is 9.54. The van der Waals surface area contributed by atoms with Crippen molar-refractivity contribution >= 4 is 0 Å². The van der Waals surface area contributed by atoms with Crippen LogP contribution in [0.3, 0.4) is 0 Å². The van der Waals surface area contributed by atoms with E-state index in [2.05, 4.69) is 71.0 Å². The molecule has 0 aromatic heterocycles. The van der Waals surface area contributed by atoms with E-state index < -0.39 is 0 Å². The molecule has 2 nitrogen and oxygen atoms in total. The van der Waals surface area contributed by atoms with Gasteiger partial charge in [-0.3, -0.25) is 0 Å². The number of benzene rings is 2. The number of nitriles is 1. The normalized spacial score (nSPS) is 11.8. The molecule has 0 saturated carbocycles. The molecule has 0 fully saturated rings. The summed E-state index contributed by atoms with van der Waals surface area (Å²) < 4.78 is 6.02. The Balaban J connectivity index is 2.10. The van der Waals surface area contributed by atoms with Crippen molar-refractivity contribution < 1.29 is 4.74 Å². The van der Waals surface area contributed by atoms with E-state index in [-0.39, 0.29) is 5.92 Å². The van der Waals surface area contributed by atoms with Crippen LogP contribution < -0.4 is 4.74 Å². The molecule has 23 heavy (non-hydrogen) atoms. The predicted octanol–water partition coefficient (Wildman–Crippen LogP) is 5.30. The first-order valence-electron chi connectivity index (χ1n) is 8.10. The molecule has 0 amide bonds. The van der Waals surface area contributed by atoms with Gasteiger partial charge >= 0.3 is 0 Å². The van der Waals surface area contributed by atoms with E-state index >= 15 is 0 Å². The average molecular weight is 307 g/mol. The van der Waals surface area contributed by atoms with Gasteiger partial charge in [-0.2, -0.15) is 5.26 Å². The fourth-order valence-corrected chi connectivity index (χ4v) is 2.85. The van der Waals surface area contributed by atoms with Crippen molar-refractivity contribution in [3.8, 4) is 11.8 Å². The van der Waals surface area contributed by atoms with E-state index in [1.165, 1.54) is 22.3 Å². The molecule has 0 bridgehead atoms. The summed E-state index contributed by atoms with van der Waals surface area (Å²) in [7, 11) is 0. The number of nitrogens with zero attached hydrogens (tertiary/aromatic N) is 1. The van der Waals surface area contributed by atoms with E-state index in [4.69, 9.17) is 4.74 Å². The van der Waals surface area contributed by atoms with E-state index in [1.807, 2.05) is 0 Å². The molecular weight excluding hydrogens is 282 g/mol. The van der Waals surface area contributed by atoms with E-state index in [0.29, 0.717) is 13.0 Å². The van der Waals surface area contributed by atoms with Gasteiger partial charge in [0.15, 0.2) is 0 Å². The summed E-state index contributed by atoms with van der Waals surface area (Å²) in [4.78, 5) is 0. The van der Waals surface area contributed by atoms with Gasteiger partial charge in [-0.05, 0) is 62.4 Å². The minimum absolute atomic E-state index is 0.125. The molecule has 0 aliphatic rings. The Kier molecular flexibility index (Phi) is 5.45. The van der Waals surface area contributed by atoms with Crippen molar-refractivity contribution in [2.24, 2.45) is 0 Å². The van der Waals surface area contributed by atoms with Crippen LogP contribution in [0.25, 0.3) is 0 Å². The third-order valence-electron chi connectivity index (χ3n) is 4.49. The molecule has 1 atom stereocenters. The molecule has 0 aliphatic carbocycles. The number of aryl methyl sites for hydroxylation is 4. The van der Waals surface area contributed by atoms with Crippen LogP contribution in [0, 0.1) is 45.9 Å². The second kappa shape index (κ2) is 7.33. The Morgan fingerprint density at radius 1 is 0.957 bits per heavy atom. The summed E-state index contributed by atoms with van der Waals surface area (Å²) in [5.74, 6) is 0.836. The van der Waals surface area contributed by atoms with Gasteiger partial charge in [-0.15, -0.1) is 0 Å². The largest absolute Gasteiger partial charge is 0.493 e. The quantitative estimate of drug-likeness (QED) is 0.750. The molecule has 0 aliphatic heterocycles. The number of ether oxygens (including phenoxy) is 1. The number of rotatable bonds is 5. The molecule has 0 radical (unpaired) electrons. The van der Waals surface area contributed by atoms with Crippen molar-refractivity contribution in [3.63, 3.8) is 0 Å². The number of hydrogen-bond donors (Lipinski definition) is 0. The Labute approximate surface area is 139 Å². The predicted molar refractivity (Wildman–Crippen MR) is 95.0 cm³/mol. The zero-order valence-electron chi connectivity index (χ0n) is 14.7. The van der Waals surface area contributed by atoms with E-state index in [0.717, 1.165) is 16.9 Å². The molecule has 2 aromatic rings. The van der Waals surface area contributed by atoms with Crippen LogP contribution in [-0.2, 0) is 0 Å². The molecular formula is C21H25NO. The Hall–Kier alpha value is -2.27. The standard InChI is InChI=1S/C21H25NO/c1-14-6-7-16(3)20(12-14)19(13-22)10-11-23-21-17(4)9-8-15(2)18(21)5/h6-9,12,19H,10-11H2,1-5H3. The van der Waals surface area contributed by atoms with Gasteiger partial charge in [0.1, 0.15) is 5.75 Å². The van der Waals surface area contributed by atoms with Crippen LogP contribution >= 0.6 is 0 Å². The lowest BCUT2D eigenvalue weighted by Crippen LogP contribution is -2.08. The maximum absolute atomic E-state index is 9.54. The highest BCUT2D eigenvalue weighted by atomic mass is 16.5. The van der Waals surface area contributed by atoms with Gasteiger partial charge in [0.2, 0.25) is 0 Å². The van der Waals surface area contributed by atoms with Crippen LogP contribution in [0.1, 0.15) is 45.7 Å². The molecule has 120 valence electrons. The Morgan fingerprint density at radius 3 is 2.30 bits per heavy atom. The molecule has 2 rings (SSSR count). The number of hydrogen-bond acceptors (Lipinski definition) is 2. The SMILES string of the molecule is Cc1ccc(C)c(C(C#N)CCOc2c(C)ccc(C)c2C)c1. The summed E-state index contributed by atoms with van der Waals surface area (Å²) in [5, 5.41) is 9.54. The minimum Gasteiger partial charge on any atom is -0.493 e. The lowest BCUT2D eigenvalue weighted by molar-refractivity contribution is 0.301. The zero-order chi connectivity index (χ0) is 17.0. The van der Waals surface area contributed by atoms with Crippen LogP contribution in [0.15, 0.2) is 30.3 Å². The fraction of sp³-hybridized carbons (Fsp3) is 0.381. The third-order valence-corrected chi connectivity index (χ3v) is 4.49. The van der Waals surface area contributed by atoms with Gasteiger partial charge in [0.25, 0.3) is 0 Å². The van der Waals surface area contributed by atoms with Crippen LogP contribution in [0.5, 0.6) is 5.75 Å². The molecule has 2 aromatic carbocycles. The first-order valence-corrected chi connectivity index (χ1v) is 8.10. The minimum atomic E-state index is -0.125. The first kappa shape index (κ1) is 17.1. The van der Waals surface area contributed by atoms with E-state index in [9.17, 15) is 5.26 Å². The summed E-state index contributed by atoms with van der Waals surface area (Å²) in [5.41, 5.74) is 7.05. The Morgan fingerprint density at radius 2 is 1.61 bits per heavy atom. The van der Waals surface area contributed by atoms with Gasteiger partial charge in [0, 0.05) is 6.42 Å². The van der Waals surface area contributed by atoms with Crippen LogP contribution in [-0.4, -0.2) is 6.61 Å². The molecule has 0 heterocycles. The van der Waals surface area contributed by atoms with Crippen molar-refractivity contribution in [2.45, 2.75) is 47.0 Å². The highest BCUT2D eigenvalue weighted by Crippen LogP contribution is 2.28. The molecule has 0 N–H and O–H groups in total. The summed E-state index contributed by atoms with van der Waals surface area (Å²) in [6.45, 7) is 10.9. The zero-order valence-corrected chi connectivity index (χ0v) is 14.7.